The number of carbonyl (C=O) groups excluding carboxylic acids is 1. The van der Waals surface area contributed by atoms with Crippen molar-refractivity contribution in [3.05, 3.63) is 95.4 Å². The van der Waals surface area contributed by atoms with Gasteiger partial charge in [0.2, 0.25) is 0 Å². The number of benzene rings is 2. The van der Waals surface area contributed by atoms with Crippen LogP contribution in [0, 0.1) is 0 Å². The number of ether oxygens (including phenoxy) is 1. The molecule has 0 N–H and O–H groups in total. The second-order valence-corrected chi connectivity index (χ2v) is 5.35. The predicted molar refractivity (Wildman–Crippen MR) is 94.3 cm³/mol. The summed E-state index contributed by atoms with van der Waals surface area (Å²) in [5, 5.41) is 0. The van der Waals surface area contributed by atoms with Crippen molar-refractivity contribution in [2.75, 3.05) is 7.11 Å². The topological polar surface area (TPSA) is 39.4 Å². The van der Waals surface area contributed by atoms with E-state index in [4.69, 9.17) is 4.42 Å². The predicted octanol–water partition coefficient (Wildman–Crippen LogP) is 4.58. The summed E-state index contributed by atoms with van der Waals surface area (Å²) in [7, 11) is 1.37. The van der Waals surface area contributed by atoms with E-state index in [1.807, 2.05) is 48.5 Å². The molecule has 0 saturated carbocycles. The van der Waals surface area contributed by atoms with Crippen LogP contribution < -0.4 is 0 Å². The van der Waals surface area contributed by atoms with Crippen LogP contribution in [-0.4, -0.2) is 13.1 Å². The zero-order valence-corrected chi connectivity index (χ0v) is 13.4. The summed E-state index contributed by atoms with van der Waals surface area (Å²) in [6, 6.07) is 24.0. The third-order valence-corrected chi connectivity index (χ3v) is 3.68. The van der Waals surface area contributed by atoms with Gasteiger partial charge in [-0.15, -0.1) is 0 Å². The van der Waals surface area contributed by atoms with Crippen LogP contribution in [0.5, 0.6) is 0 Å². The van der Waals surface area contributed by atoms with Gasteiger partial charge in [0, 0.05) is 0 Å². The van der Waals surface area contributed by atoms with E-state index in [1.54, 1.807) is 6.07 Å². The van der Waals surface area contributed by atoms with Crippen LogP contribution in [-0.2, 0) is 16.0 Å². The maximum absolute atomic E-state index is 11.4. The Balaban J connectivity index is 1.97. The van der Waals surface area contributed by atoms with Gasteiger partial charge >= 0.3 is 5.97 Å². The first-order valence-electron chi connectivity index (χ1n) is 7.74. The zero-order valence-electron chi connectivity index (χ0n) is 13.4. The molecule has 3 aromatic rings. The van der Waals surface area contributed by atoms with E-state index in [0.29, 0.717) is 11.5 Å². The maximum atomic E-state index is 11.4. The molecule has 0 atom stereocenters. The molecule has 3 heteroatoms. The van der Waals surface area contributed by atoms with Crippen LogP contribution in [0.2, 0.25) is 0 Å². The summed E-state index contributed by atoms with van der Waals surface area (Å²) < 4.78 is 10.4. The SMILES string of the molecule is COC(=O)Cc1ccc(C=C(c2ccccc2)c2ccccc2)o1. The number of rotatable bonds is 5. The summed E-state index contributed by atoms with van der Waals surface area (Å²) in [5.41, 5.74) is 3.28. The number of methoxy groups -OCH3 is 1. The van der Waals surface area contributed by atoms with Gasteiger partial charge in [-0.2, -0.15) is 0 Å². The third kappa shape index (κ3) is 3.82. The van der Waals surface area contributed by atoms with E-state index < -0.39 is 0 Å². The number of hydrogen-bond acceptors (Lipinski definition) is 3. The fourth-order valence-electron chi connectivity index (χ4n) is 2.49. The maximum Gasteiger partial charge on any atom is 0.313 e. The Morgan fingerprint density at radius 2 is 1.50 bits per heavy atom. The van der Waals surface area contributed by atoms with Crippen LogP contribution >= 0.6 is 0 Å². The lowest BCUT2D eigenvalue weighted by atomic mass is 9.97. The van der Waals surface area contributed by atoms with Crippen molar-refractivity contribution in [2.45, 2.75) is 6.42 Å². The molecule has 24 heavy (non-hydrogen) atoms. The molecule has 0 unspecified atom stereocenters. The molecule has 0 aliphatic rings. The zero-order chi connectivity index (χ0) is 16.8. The summed E-state index contributed by atoms with van der Waals surface area (Å²) >= 11 is 0. The van der Waals surface area contributed by atoms with E-state index in [-0.39, 0.29) is 12.4 Å². The van der Waals surface area contributed by atoms with Crippen molar-refractivity contribution in [2.24, 2.45) is 0 Å². The van der Waals surface area contributed by atoms with Gasteiger partial charge in [-0.05, 0) is 34.9 Å². The van der Waals surface area contributed by atoms with Crippen molar-refractivity contribution in [1.29, 1.82) is 0 Å². The van der Waals surface area contributed by atoms with Crippen LogP contribution in [0.25, 0.3) is 11.6 Å². The Kier molecular flexibility index (Phi) is 4.92. The first-order chi connectivity index (χ1) is 11.8. The summed E-state index contributed by atoms with van der Waals surface area (Å²) in [5.74, 6) is 0.983. The Morgan fingerprint density at radius 3 is 2.04 bits per heavy atom. The smallest absolute Gasteiger partial charge is 0.313 e. The molecule has 0 amide bonds. The number of hydrogen-bond donors (Lipinski definition) is 0. The van der Waals surface area contributed by atoms with Gasteiger partial charge in [0.15, 0.2) is 0 Å². The number of carbonyl (C=O) groups is 1. The molecule has 1 heterocycles. The number of furan rings is 1. The van der Waals surface area contributed by atoms with Gasteiger partial charge in [-0.1, -0.05) is 60.7 Å². The second kappa shape index (κ2) is 7.47. The summed E-state index contributed by atoms with van der Waals surface area (Å²) in [6.45, 7) is 0. The molecule has 3 nitrogen and oxygen atoms in total. The summed E-state index contributed by atoms with van der Waals surface area (Å²) in [4.78, 5) is 11.4. The van der Waals surface area contributed by atoms with E-state index in [2.05, 4.69) is 29.0 Å². The molecule has 2 aromatic carbocycles. The first-order valence-corrected chi connectivity index (χ1v) is 7.74. The molecule has 0 aliphatic carbocycles. The largest absolute Gasteiger partial charge is 0.469 e. The molecule has 0 radical (unpaired) electrons. The monoisotopic (exact) mass is 318 g/mol. The first kappa shape index (κ1) is 15.8. The van der Waals surface area contributed by atoms with Crippen LogP contribution in [0.3, 0.4) is 0 Å². The second-order valence-electron chi connectivity index (χ2n) is 5.35. The highest BCUT2D eigenvalue weighted by atomic mass is 16.5. The fraction of sp³-hybridized carbons (Fsp3) is 0.0952. The summed E-state index contributed by atoms with van der Waals surface area (Å²) in [6.07, 6.45) is 2.13. The van der Waals surface area contributed by atoms with Crippen molar-refractivity contribution < 1.29 is 13.9 Å². The van der Waals surface area contributed by atoms with Gasteiger partial charge in [-0.25, -0.2) is 0 Å². The Hall–Kier alpha value is -3.07. The Morgan fingerprint density at radius 1 is 0.917 bits per heavy atom. The molecule has 0 spiro atoms. The molecular formula is C21H18O3. The minimum Gasteiger partial charge on any atom is -0.469 e. The highest BCUT2D eigenvalue weighted by Gasteiger charge is 2.09. The van der Waals surface area contributed by atoms with Crippen molar-refractivity contribution >= 4 is 17.6 Å². The van der Waals surface area contributed by atoms with Crippen molar-refractivity contribution in [1.82, 2.24) is 0 Å². The Bertz CT molecular complexity index is 788. The normalized spacial score (nSPS) is 10.2. The van der Waals surface area contributed by atoms with E-state index >= 15 is 0 Å². The Labute approximate surface area is 141 Å². The van der Waals surface area contributed by atoms with Crippen LogP contribution in [0.4, 0.5) is 0 Å². The molecule has 0 saturated heterocycles. The average Bonchev–Trinajstić information content (AvgIpc) is 3.08. The molecule has 1 aromatic heterocycles. The lowest BCUT2D eigenvalue weighted by molar-refractivity contribution is -0.140. The van der Waals surface area contributed by atoms with Gasteiger partial charge < -0.3 is 9.15 Å². The fourth-order valence-corrected chi connectivity index (χ4v) is 2.49. The highest BCUT2D eigenvalue weighted by Crippen LogP contribution is 2.26. The van der Waals surface area contributed by atoms with Gasteiger partial charge in [0.05, 0.1) is 7.11 Å². The van der Waals surface area contributed by atoms with Crippen molar-refractivity contribution in [3.63, 3.8) is 0 Å². The van der Waals surface area contributed by atoms with Gasteiger partial charge in [0.1, 0.15) is 17.9 Å². The quantitative estimate of drug-likeness (QED) is 0.646. The van der Waals surface area contributed by atoms with Gasteiger partial charge in [-0.3, -0.25) is 4.79 Å². The molecular weight excluding hydrogens is 300 g/mol. The van der Waals surface area contributed by atoms with E-state index in [0.717, 1.165) is 16.7 Å². The molecule has 120 valence electrons. The van der Waals surface area contributed by atoms with Crippen LogP contribution in [0.15, 0.2) is 77.2 Å². The average molecular weight is 318 g/mol. The third-order valence-electron chi connectivity index (χ3n) is 3.68. The molecule has 0 aliphatic heterocycles. The van der Waals surface area contributed by atoms with E-state index in [1.165, 1.54) is 7.11 Å². The lowest BCUT2D eigenvalue weighted by Gasteiger charge is -2.08. The molecule has 0 bridgehead atoms. The van der Waals surface area contributed by atoms with Crippen LogP contribution in [0.1, 0.15) is 22.6 Å². The standard InChI is InChI=1S/C21H18O3/c1-23-21(22)15-19-13-12-18(24-19)14-20(16-8-4-2-5-9-16)17-10-6-3-7-11-17/h2-14H,15H2,1H3. The minimum atomic E-state index is -0.314. The van der Waals surface area contributed by atoms with Crippen molar-refractivity contribution in [3.8, 4) is 0 Å². The molecule has 3 rings (SSSR count). The highest BCUT2D eigenvalue weighted by molar-refractivity contribution is 5.90. The number of esters is 1. The molecule has 0 fully saturated rings. The minimum absolute atomic E-state index is 0.135. The van der Waals surface area contributed by atoms with E-state index in [9.17, 15) is 4.79 Å². The van der Waals surface area contributed by atoms with Gasteiger partial charge in [0.25, 0.3) is 0 Å². The lowest BCUT2D eigenvalue weighted by Crippen LogP contribution is -2.03.